The number of carbonyl (C=O) groups excluding carboxylic acids is 1. The van der Waals surface area contributed by atoms with E-state index in [4.69, 9.17) is 14.2 Å². The third-order valence-electron chi connectivity index (χ3n) is 6.50. The Bertz CT molecular complexity index is 1010. The van der Waals surface area contributed by atoms with E-state index in [0.717, 1.165) is 31.7 Å². The minimum Gasteiger partial charge on any atom is -0.476 e. The van der Waals surface area contributed by atoms with E-state index in [0.29, 0.717) is 25.0 Å². The van der Waals surface area contributed by atoms with Crippen molar-refractivity contribution in [2.75, 3.05) is 13.2 Å². The summed E-state index contributed by atoms with van der Waals surface area (Å²) in [6.07, 6.45) is 6.14. The Morgan fingerprint density at radius 1 is 1.03 bits per heavy atom. The lowest BCUT2D eigenvalue weighted by Gasteiger charge is -2.29. The first-order valence-corrected chi connectivity index (χ1v) is 19.3. The van der Waals surface area contributed by atoms with Gasteiger partial charge in [-0.25, -0.2) is 4.79 Å². The fourth-order valence-corrected chi connectivity index (χ4v) is 6.60. The maximum atomic E-state index is 12.7. The Morgan fingerprint density at radius 3 is 2.28 bits per heavy atom. The predicted octanol–water partition coefficient (Wildman–Crippen LogP) is 6.63. The number of hydrogen-bond acceptors (Lipinski definition) is 6. The molecule has 200 valence electrons. The van der Waals surface area contributed by atoms with Gasteiger partial charge in [-0.3, -0.25) is 5.10 Å². The van der Waals surface area contributed by atoms with E-state index in [1.54, 1.807) is 24.5 Å². The molecular formula is C26H44N4O4Si2. The normalized spacial score (nSPS) is 12.3. The highest BCUT2D eigenvalue weighted by Crippen LogP contribution is 2.27. The lowest BCUT2D eigenvalue weighted by atomic mass is 10.0. The van der Waals surface area contributed by atoms with Gasteiger partial charge in [0.1, 0.15) is 5.60 Å². The van der Waals surface area contributed by atoms with Crippen molar-refractivity contribution in [2.45, 2.75) is 83.9 Å². The molecule has 0 aliphatic rings. The third kappa shape index (κ3) is 9.81. The van der Waals surface area contributed by atoms with Crippen molar-refractivity contribution in [1.29, 1.82) is 0 Å². The fraction of sp³-hybridized carbons (Fsp3) is 0.577. The molecule has 0 radical (unpaired) electrons. The summed E-state index contributed by atoms with van der Waals surface area (Å²) >= 11 is 0. The molecular weight excluding hydrogens is 488 g/mol. The summed E-state index contributed by atoms with van der Waals surface area (Å²) in [6.45, 7) is 24.9. The first kappa shape index (κ1) is 29.6. The van der Waals surface area contributed by atoms with Gasteiger partial charge in [-0.2, -0.15) is 4.68 Å². The molecule has 0 unspecified atom stereocenters. The molecule has 8 nitrogen and oxygen atoms in total. The van der Waals surface area contributed by atoms with Crippen molar-refractivity contribution in [3.63, 3.8) is 0 Å². The van der Waals surface area contributed by atoms with Crippen LogP contribution in [0.25, 0.3) is 0 Å². The Hall–Kier alpha value is -2.60. The average Bonchev–Trinajstić information content (AvgIpc) is 3.44. The van der Waals surface area contributed by atoms with Crippen molar-refractivity contribution in [2.24, 2.45) is 0 Å². The summed E-state index contributed by atoms with van der Waals surface area (Å²) in [7, 11) is -3.01. The van der Waals surface area contributed by atoms with E-state index < -0.39 is 27.8 Å². The van der Waals surface area contributed by atoms with Crippen LogP contribution in [0.1, 0.15) is 39.5 Å². The van der Waals surface area contributed by atoms with Crippen LogP contribution in [0.5, 0.6) is 11.8 Å². The zero-order valence-corrected chi connectivity index (χ0v) is 25.1. The van der Waals surface area contributed by atoms with Gasteiger partial charge in [0, 0.05) is 24.5 Å². The molecule has 2 heterocycles. The molecule has 0 fully saturated rings. The van der Waals surface area contributed by atoms with E-state index in [1.165, 1.54) is 15.1 Å². The first-order valence-electron chi connectivity index (χ1n) is 12.6. The van der Waals surface area contributed by atoms with E-state index in [9.17, 15) is 4.79 Å². The quantitative estimate of drug-likeness (QED) is 0.259. The molecule has 0 bridgehead atoms. The summed E-state index contributed by atoms with van der Waals surface area (Å²) in [5, 5.41) is 13.5. The Morgan fingerprint density at radius 2 is 1.67 bits per heavy atom. The maximum absolute atomic E-state index is 12.7. The lowest BCUT2D eigenvalue weighted by molar-refractivity contribution is 0.0309. The van der Waals surface area contributed by atoms with Gasteiger partial charge in [0.05, 0.1) is 29.4 Å². The van der Waals surface area contributed by atoms with Crippen molar-refractivity contribution in [3.05, 3.63) is 48.1 Å². The van der Waals surface area contributed by atoms with E-state index in [2.05, 4.69) is 61.2 Å². The van der Waals surface area contributed by atoms with Gasteiger partial charge in [0.25, 0.3) is 0 Å². The number of aromatic nitrogens is 4. The van der Waals surface area contributed by atoms with E-state index >= 15 is 0 Å². The average molecular weight is 533 g/mol. The number of H-pyrrole nitrogens is 1. The first-order chi connectivity index (χ1) is 16.7. The van der Waals surface area contributed by atoms with Crippen molar-refractivity contribution in [1.82, 2.24) is 20.0 Å². The Balaban J connectivity index is 1.74. The summed E-state index contributed by atoms with van der Waals surface area (Å²) in [4.78, 5) is 12.7. The van der Waals surface area contributed by atoms with Crippen LogP contribution >= 0.6 is 0 Å². The third-order valence-corrected chi connectivity index (χ3v) is 12.6. The molecule has 0 saturated carbocycles. The van der Waals surface area contributed by atoms with Crippen molar-refractivity contribution in [3.8, 4) is 11.8 Å². The van der Waals surface area contributed by atoms with Gasteiger partial charge in [0.15, 0.2) is 0 Å². The van der Waals surface area contributed by atoms with E-state index in [1.807, 2.05) is 13.8 Å². The van der Waals surface area contributed by atoms with Crippen LogP contribution in [-0.2, 0) is 4.74 Å². The van der Waals surface area contributed by atoms with Gasteiger partial charge in [-0.15, -0.1) is 23.4 Å². The number of hydrogen-bond donors (Lipinski definition) is 1. The second kappa shape index (κ2) is 12.6. The summed E-state index contributed by atoms with van der Waals surface area (Å²) in [6, 6.07) is 4.55. The lowest BCUT2D eigenvalue weighted by Crippen LogP contribution is -2.33. The molecule has 0 atom stereocenters. The molecule has 0 amide bonds. The highest BCUT2D eigenvalue weighted by molar-refractivity contribution is 6.84. The fourth-order valence-electron chi connectivity index (χ4n) is 3.55. The smallest absolute Gasteiger partial charge is 0.435 e. The van der Waals surface area contributed by atoms with Gasteiger partial charge < -0.3 is 14.2 Å². The van der Waals surface area contributed by atoms with Crippen LogP contribution in [0, 0.1) is 0 Å². The number of nitrogens with one attached hydrogen (secondary N) is 1. The zero-order valence-electron chi connectivity index (χ0n) is 23.1. The largest absolute Gasteiger partial charge is 0.476 e. The minimum atomic E-state index is -1.64. The molecule has 0 saturated heterocycles. The topological polar surface area (TPSA) is 91.3 Å². The van der Waals surface area contributed by atoms with Crippen LogP contribution in [0.15, 0.2) is 48.1 Å². The predicted molar refractivity (Wildman–Crippen MR) is 150 cm³/mol. The molecule has 1 N–H and O–H groups in total. The Kier molecular flexibility index (Phi) is 10.4. The highest BCUT2D eigenvalue weighted by Gasteiger charge is 2.28. The number of aromatic amines is 1. The van der Waals surface area contributed by atoms with Crippen LogP contribution in [0.2, 0.25) is 38.8 Å². The summed E-state index contributed by atoms with van der Waals surface area (Å²) in [5.41, 5.74) is -0.603. The summed E-state index contributed by atoms with van der Waals surface area (Å²) in [5.74, 6) is 1.02. The standard InChI is InChI=1S/C26H44N4O4Si2/c1-21(35(5,6)7)13-18-33-24-12-17-30(29-24)25(31)34-26(3,4)15-10-20-36(8,9)22(2)14-19-32-23-11-16-27-28-23/h11-12,16-17H,1-2,10,13-15,18-20H2,3-9H3,(H,27,28). The second-order valence-corrected chi connectivity index (χ2v) is 21.7. The highest BCUT2D eigenvalue weighted by atomic mass is 28.3. The molecule has 0 aliphatic heterocycles. The molecule has 2 rings (SSSR count). The molecule has 0 aliphatic carbocycles. The molecule has 2 aromatic rings. The van der Waals surface area contributed by atoms with E-state index in [-0.39, 0.29) is 0 Å². The second-order valence-electron chi connectivity index (χ2n) is 11.5. The maximum Gasteiger partial charge on any atom is 0.435 e. The number of ether oxygens (including phenoxy) is 3. The summed E-state index contributed by atoms with van der Waals surface area (Å²) < 4.78 is 18.3. The van der Waals surface area contributed by atoms with Crippen LogP contribution in [-0.4, -0.2) is 61.0 Å². The molecule has 2 aromatic heterocycles. The zero-order chi connectivity index (χ0) is 27.0. The van der Waals surface area contributed by atoms with Gasteiger partial charge in [-0.05, 0) is 33.1 Å². The van der Waals surface area contributed by atoms with Crippen molar-refractivity contribution < 1.29 is 19.0 Å². The number of carbonyl (C=O) groups is 1. The minimum absolute atomic E-state index is 0.413. The van der Waals surface area contributed by atoms with Crippen LogP contribution in [0.3, 0.4) is 0 Å². The Labute approximate surface area is 218 Å². The van der Waals surface area contributed by atoms with Crippen LogP contribution in [0.4, 0.5) is 4.79 Å². The van der Waals surface area contributed by atoms with Gasteiger partial charge in [-0.1, -0.05) is 55.6 Å². The number of nitrogens with zero attached hydrogens (tertiary/aromatic N) is 3. The molecule has 0 aromatic carbocycles. The van der Waals surface area contributed by atoms with Gasteiger partial charge >= 0.3 is 6.09 Å². The van der Waals surface area contributed by atoms with Crippen molar-refractivity contribution >= 4 is 22.2 Å². The molecule has 36 heavy (non-hydrogen) atoms. The SMILES string of the molecule is C=C(CCOc1ccn(C(=O)OC(C)(C)CCC[Si](C)(C)C(=C)CCOc2cc[nH]n2)n1)[Si](C)(C)C. The molecule has 10 heteroatoms. The van der Waals surface area contributed by atoms with Crippen LogP contribution < -0.4 is 9.47 Å². The monoisotopic (exact) mass is 532 g/mol. The van der Waals surface area contributed by atoms with Gasteiger partial charge in [0.2, 0.25) is 11.8 Å². The molecule has 0 spiro atoms. The number of rotatable bonds is 15.